The molecule has 0 spiro atoms. The first-order valence-corrected chi connectivity index (χ1v) is 36.4. The summed E-state index contributed by atoms with van der Waals surface area (Å²) in [5, 5.41) is 120. The molecule has 548 valence electrons. The van der Waals surface area contributed by atoms with Crippen LogP contribution in [0.1, 0.15) is 213 Å². The molecule has 3 saturated heterocycles. The maximum Gasteiger partial charge on any atom is 0.220 e. The summed E-state index contributed by atoms with van der Waals surface area (Å²) in [5.41, 5.74) is 0. The van der Waals surface area contributed by atoms with E-state index in [-0.39, 0.29) is 18.9 Å². The predicted octanol–water partition coefficient (Wildman–Crippen LogP) is 10.5. The van der Waals surface area contributed by atoms with Crippen LogP contribution in [-0.2, 0) is 33.2 Å². The van der Waals surface area contributed by atoms with Crippen molar-refractivity contribution in [2.45, 2.75) is 317 Å². The second-order valence-electron chi connectivity index (χ2n) is 25.3. The maximum absolute atomic E-state index is 13.4. The van der Waals surface area contributed by atoms with E-state index in [2.05, 4.69) is 141 Å². The third-order valence-corrected chi connectivity index (χ3v) is 17.2. The van der Waals surface area contributed by atoms with E-state index in [4.69, 9.17) is 28.4 Å². The summed E-state index contributed by atoms with van der Waals surface area (Å²) in [5.74, 6) is -0.296. The van der Waals surface area contributed by atoms with E-state index in [0.717, 1.165) is 109 Å². The Balaban J connectivity index is 1.33. The zero-order chi connectivity index (χ0) is 69.6. The van der Waals surface area contributed by atoms with Crippen molar-refractivity contribution >= 4 is 5.91 Å². The second kappa shape index (κ2) is 56.7. The van der Waals surface area contributed by atoms with E-state index < -0.39 is 124 Å². The molecule has 17 unspecified atom stereocenters. The number of rotatable bonds is 54. The monoisotopic (exact) mass is 1350 g/mol. The summed E-state index contributed by atoms with van der Waals surface area (Å²) >= 11 is 0. The van der Waals surface area contributed by atoms with Crippen molar-refractivity contribution in [1.82, 2.24) is 5.32 Å². The van der Waals surface area contributed by atoms with E-state index in [1.807, 2.05) is 6.08 Å². The van der Waals surface area contributed by atoms with E-state index in [1.54, 1.807) is 6.08 Å². The molecule has 3 aliphatic rings. The molecule has 17 atom stereocenters. The van der Waals surface area contributed by atoms with Gasteiger partial charge in [-0.1, -0.05) is 237 Å². The van der Waals surface area contributed by atoms with Gasteiger partial charge in [0.2, 0.25) is 5.91 Å². The first-order chi connectivity index (χ1) is 46.8. The molecule has 0 aromatic carbocycles. The van der Waals surface area contributed by atoms with Crippen molar-refractivity contribution in [3.8, 4) is 0 Å². The number of unbranched alkanes of at least 4 members (excludes halogenated alkanes) is 18. The number of nitrogens with one attached hydrogen (secondary N) is 1. The molecule has 19 heteroatoms. The lowest BCUT2D eigenvalue weighted by molar-refractivity contribution is -0.379. The standard InChI is InChI=1S/C77H127NO18/c1-3-5-7-9-11-13-15-17-18-19-20-21-22-23-24-25-26-27-28-29-30-31-32-33-34-35-36-37-38-39-40-41-42-43-45-47-49-51-53-55-65(83)78-60(61(82)54-52-50-48-46-44-16-14-12-10-8-6-4-2)59-91-75-71(89)68(86)73(63(57-80)93-75)96-77-72(90)69(87)74(64(58-81)94-77)95-76-70(88)67(85)66(84)62(56-79)92-76/h5,7,11,13,17-18,20-21,23-24,26-27,29-30,32-33,35-36,44,46,52,54,60-64,66-77,79-82,84-90H,3-4,6,8-10,12,14-16,19,22,25,28,31,34,37-43,45,47-51,53,55-59H2,1-2H3,(H,78,83)/b7-5-,13-11-,18-17-,21-20-,24-23-,27-26-,30-29-,33-32-,36-35-,46-44+,54-52+. The van der Waals surface area contributed by atoms with E-state index >= 15 is 0 Å². The fourth-order valence-electron chi connectivity index (χ4n) is 11.3. The zero-order valence-corrected chi connectivity index (χ0v) is 58.0. The Morgan fingerprint density at radius 1 is 0.385 bits per heavy atom. The normalized spacial score (nSPS) is 27.9. The first-order valence-electron chi connectivity index (χ1n) is 36.4. The Morgan fingerprint density at radius 2 is 0.729 bits per heavy atom. The van der Waals surface area contributed by atoms with Crippen molar-refractivity contribution in [3.05, 3.63) is 134 Å². The van der Waals surface area contributed by atoms with Crippen LogP contribution >= 0.6 is 0 Å². The molecule has 0 saturated carbocycles. The topological polar surface area (TPSA) is 307 Å². The molecule has 0 aromatic rings. The predicted molar refractivity (Wildman–Crippen MR) is 378 cm³/mol. The highest BCUT2D eigenvalue weighted by molar-refractivity contribution is 5.76. The zero-order valence-electron chi connectivity index (χ0n) is 58.0. The first kappa shape index (κ1) is 86.2. The molecule has 0 bridgehead atoms. The van der Waals surface area contributed by atoms with Crippen molar-refractivity contribution in [2.24, 2.45) is 0 Å². The number of aliphatic hydroxyl groups excluding tert-OH is 11. The molecule has 3 aliphatic heterocycles. The van der Waals surface area contributed by atoms with E-state index in [9.17, 15) is 61.0 Å². The number of hydrogen-bond donors (Lipinski definition) is 12. The third-order valence-electron chi connectivity index (χ3n) is 17.2. The molecule has 3 heterocycles. The van der Waals surface area contributed by atoms with Gasteiger partial charge >= 0.3 is 0 Å². The molecule has 96 heavy (non-hydrogen) atoms. The van der Waals surface area contributed by atoms with Gasteiger partial charge in [0, 0.05) is 6.42 Å². The molecule has 3 fully saturated rings. The highest BCUT2D eigenvalue weighted by Gasteiger charge is 2.53. The van der Waals surface area contributed by atoms with Crippen LogP contribution in [-0.4, -0.2) is 193 Å². The summed E-state index contributed by atoms with van der Waals surface area (Å²) in [6.45, 7) is 1.55. The van der Waals surface area contributed by atoms with E-state index in [1.165, 1.54) is 70.6 Å². The average Bonchev–Trinajstić information content (AvgIpc) is 0.787. The summed E-state index contributed by atoms with van der Waals surface area (Å²) in [4.78, 5) is 13.4. The maximum atomic E-state index is 13.4. The molecule has 0 aliphatic carbocycles. The van der Waals surface area contributed by atoms with Gasteiger partial charge < -0.3 is 89.9 Å². The third kappa shape index (κ3) is 37.4. The van der Waals surface area contributed by atoms with Gasteiger partial charge in [-0.25, -0.2) is 0 Å². The van der Waals surface area contributed by atoms with Gasteiger partial charge in [0.05, 0.1) is 38.6 Å². The fourth-order valence-corrected chi connectivity index (χ4v) is 11.3. The Bertz CT molecular complexity index is 2260. The van der Waals surface area contributed by atoms with Gasteiger partial charge in [-0.2, -0.15) is 0 Å². The molecule has 1 amide bonds. The van der Waals surface area contributed by atoms with Crippen LogP contribution in [0.5, 0.6) is 0 Å². The lowest BCUT2D eigenvalue weighted by atomic mass is 9.96. The minimum absolute atomic E-state index is 0.223. The molecule has 12 N–H and O–H groups in total. The molecular weight excluding hydrogens is 1230 g/mol. The number of hydrogen-bond acceptors (Lipinski definition) is 18. The van der Waals surface area contributed by atoms with Crippen molar-refractivity contribution in [1.29, 1.82) is 0 Å². The van der Waals surface area contributed by atoms with Crippen molar-refractivity contribution in [3.63, 3.8) is 0 Å². The molecular formula is C77H127NO18. The van der Waals surface area contributed by atoms with Crippen LogP contribution in [0, 0.1) is 0 Å². The summed E-state index contributed by atoms with van der Waals surface area (Å²) in [6, 6.07) is -0.999. The Labute approximate surface area is 575 Å². The number of aliphatic hydroxyl groups is 11. The quantitative estimate of drug-likeness (QED) is 0.0199. The minimum atomic E-state index is -1.99. The van der Waals surface area contributed by atoms with Crippen LogP contribution in [0.3, 0.4) is 0 Å². The number of ether oxygens (including phenoxy) is 6. The van der Waals surface area contributed by atoms with Crippen LogP contribution in [0.15, 0.2) is 134 Å². The van der Waals surface area contributed by atoms with Gasteiger partial charge in [0.1, 0.15) is 73.2 Å². The molecule has 0 radical (unpaired) electrons. The molecule has 3 rings (SSSR count). The highest BCUT2D eigenvalue weighted by atomic mass is 16.8. The number of carbonyl (C=O) groups excluding carboxylic acids is 1. The van der Waals surface area contributed by atoms with Gasteiger partial charge in [-0.05, 0) is 103 Å². The van der Waals surface area contributed by atoms with Crippen LogP contribution in [0.25, 0.3) is 0 Å². The smallest absolute Gasteiger partial charge is 0.220 e. The Kier molecular flexibility index (Phi) is 50.8. The van der Waals surface area contributed by atoms with Crippen molar-refractivity contribution in [2.75, 3.05) is 26.4 Å². The van der Waals surface area contributed by atoms with E-state index in [0.29, 0.717) is 12.8 Å². The molecule has 19 nitrogen and oxygen atoms in total. The van der Waals surface area contributed by atoms with Gasteiger partial charge in [-0.15, -0.1) is 0 Å². The van der Waals surface area contributed by atoms with Gasteiger partial charge in [0.25, 0.3) is 0 Å². The van der Waals surface area contributed by atoms with Crippen LogP contribution in [0.2, 0.25) is 0 Å². The summed E-state index contributed by atoms with van der Waals surface area (Å²) in [6.07, 6.45) is 53.1. The summed E-state index contributed by atoms with van der Waals surface area (Å²) in [7, 11) is 0. The van der Waals surface area contributed by atoms with Gasteiger partial charge in [0.15, 0.2) is 18.9 Å². The Hall–Kier alpha value is -4.07. The SMILES string of the molecule is CC/C=C\C/C=C\C/C=C\C/C=C\C/C=C\C/C=C\C/C=C\C/C=C\C/C=C\CCCCCCCCCCCCCC(=O)NC(COC1OC(CO)C(OC2OC(CO)C(OC3OC(CO)C(O)C(O)C3O)C(O)C2O)C(O)C1O)C(O)/C=C/CC/C=C/CCCCCCCC. The minimum Gasteiger partial charge on any atom is -0.394 e. The Morgan fingerprint density at radius 3 is 1.17 bits per heavy atom. The van der Waals surface area contributed by atoms with Crippen LogP contribution < -0.4 is 5.32 Å². The second-order valence-corrected chi connectivity index (χ2v) is 25.3. The lowest BCUT2D eigenvalue weighted by Gasteiger charge is -2.48. The van der Waals surface area contributed by atoms with Crippen molar-refractivity contribution < 1.29 is 89.4 Å². The number of amides is 1. The number of allylic oxidation sites excluding steroid dienone is 21. The fraction of sp³-hybridized carbons (Fsp3) is 0.701. The molecule has 0 aromatic heterocycles. The summed E-state index contributed by atoms with van der Waals surface area (Å²) < 4.78 is 34.3. The van der Waals surface area contributed by atoms with Crippen LogP contribution in [0.4, 0.5) is 0 Å². The largest absolute Gasteiger partial charge is 0.394 e. The number of carbonyl (C=O) groups is 1. The average molecular weight is 1350 g/mol. The highest BCUT2D eigenvalue weighted by Crippen LogP contribution is 2.33. The lowest BCUT2D eigenvalue weighted by Crippen LogP contribution is -2.66. The van der Waals surface area contributed by atoms with Gasteiger partial charge in [-0.3, -0.25) is 4.79 Å².